The van der Waals surface area contributed by atoms with Crippen molar-refractivity contribution in [1.29, 1.82) is 0 Å². The number of aliphatic hydroxyl groups is 1. The van der Waals surface area contributed by atoms with E-state index >= 15 is 0 Å². The Kier molecular flexibility index (Phi) is 6.04. The summed E-state index contributed by atoms with van der Waals surface area (Å²) in [6, 6.07) is 15.9. The lowest BCUT2D eigenvalue weighted by atomic mass is 9.52. The van der Waals surface area contributed by atoms with Gasteiger partial charge in [-0.05, 0) is 73.0 Å². The molecule has 43 heavy (non-hydrogen) atoms. The van der Waals surface area contributed by atoms with Crippen molar-refractivity contribution in [2.45, 2.75) is 69.9 Å². The van der Waals surface area contributed by atoms with Gasteiger partial charge in [-0.1, -0.05) is 67.0 Å². The van der Waals surface area contributed by atoms with Gasteiger partial charge in [0.1, 0.15) is 6.33 Å². The first-order valence-corrected chi connectivity index (χ1v) is 15.3. The van der Waals surface area contributed by atoms with Crippen LogP contribution in [0.4, 0.5) is 0 Å². The van der Waals surface area contributed by atoms with Crippen LogP contribution in [0.15, 0.2) is 69.0 Å². The maximum atomic E-state index is 14.6. The van der Waals surface area contributed by atoms with E-state index in [9.17, 15) is 14.7 Å². The van der Waals surface area contributed by atoms with Gasteiger partial charge in [0.15, 0.2) is 5.82 Å². The molecule has 4 bridgehead atoms. The van der Waals surface area contributed by atoms with Crippen molar-refractivity contribution in [2.24, 2.45) is 17.8 Å². The molecule has 0 amide bonds. The molecule has 9 rings (SSSR count). The summed E-state index contributed by atoms with van der Waals surface area (Å²) in [4.78, 5) is 33.4. The number of nitrogens with one attached hydrogen (secondary N) is 1. The SMILES string of the molecule is CCCc1c(Cc2ccc(-c3ccccc3-c3noc(=O)[nH]3)cc2)c(=O)n(C2[C@@H]3C[C@@H]4C[C@H]2C[C@@](O)(C4)C3)c2ncnn12. The highest BCUT2D eigenvalue weighted by Gasteiger charge is 2.56. The summed E-state index contributed by atoms with van der Waals surface area (Å²) in [6.45, 7) is 2.12. The number of H-pyrrole nitrogens is 1. The molecule has 3 aromatic heterocycles. The summed E-state index contributed by atoms with van der Waals surface area (Å²) in [7, 11) is 0. The lowest BCUT2D eigenvalue weighted by Gasteiger charge is -2.58. The molecule has 2 N–H and O–H groups in total. The van der Waals surface area contributed by atoms with Crippen LogP contribution in [0.3, 0.4) is 0 Å². The van der Waals surface area contributed by atoms with Crippen LogP contribution in [-0.2, 0) is 12.8 Å². The average molecular weight is 579 g/mol. The molecule has 1 unspecified atom stereocenters. The van der Waals surface area contributed by atoms with Crippen molar-refractivity contribution in [1.82, 2.24) is 29.3 Å². The van der Waals surface area contributed by atoms with Gasteiger partial charge in [0.05, 0.1) is 11.3 Å². The molecule has 4 aliphatic rings. The monoisotopic (exact) mass is 578 g/mol. The molecular formula is C33H34N6O4. The highest BCUT2D eigenvalue weighted by atomic mass is 16.5. The van der Waals surface area contributed by atoms with Gasteiger partial charge in [-0.2, -0.15) is 10.1 Å². The topological polar surface area (TPSA) is 131 Å². The Bertz CT molecular complexity index is 1930. The number of hydrogen-bond acceptors (Lipinski definition) is 7. The third-order valence-electron chi connectivity index (χ3n) is 10.1. The molecule has 4 saturated carbocycles. The van der Waals surface area contributed by atoms with E-state index in [-0.39, 0.29) is 23.4 Å². The lowest BCUT2D eigenvalue weighted by molar-refractivity contribution is -0.147. The third kappa shape index (κ3) is 4.30. The Morgan fingerprint density at radius 3 is 2.44 bits per heavy atom. The maximum absolute atomic E-state index is 14.6. The Morgan fingerprint density at radius 1 is 1.02 bits per heavy atom. The largest absolute Gasteiger partial charge is 0.439 e. The van der Waals surface area contributed by atoms with Gasteiger partial charge in [-0.25, -0.2) is 9.31 Å². The molecule has 4 aliphatic carbocycles. The standard InChI is InChI=1S/C33H34N6O4/c1-2-5-27-26(14-19-8-10-21(11-9-19)24-6-3-4-7-25(24)29-36-32(41)43-37-29)30(40)38(31-34-18-35-39(27)31)28-22-12-20-13-23(28)17-33(42,15-20)16-22/h3-4,6-11,18,20,22-23,28,42H,2,5,12-17H2,1H3,(H,36,37,41)/t20-,22-,23+,28?,33-. The van der Waals surface area contributed by atoms with Crippen LogP contribution in [0.1, 0.15) is 68.3 Å². The quantitative estimate of drug-likeness (QED) is 0.290. The second-order valence-corrected chi connectivity index (χ2v) is 12.9. The molecule has 5 atom stereocenters. The molecular weight excluding hydrogens is 544 g/mol. The first-order valence-electron chi connectivity index (χ1n) is 15.3. The number of aromatic amines is 1. The number of aryl methyl sites for hydroxylation is 1. The van der Waals surface area contributed by atoms with Crippen molar-refractivity contribution in [2.75, 3.05) is 0 Å². The molecule has 10 nitrogen and oxygen atoms in total. The predicted octanol–water partition coefficient (Wildman–Crippen LogP) is 4.56. The molecule has 3 heterocycles. The van der Waals surface area contributed by atoms with E-state index in [2.05, 4.69) is 39.3 Å². The summed E-state index contributed by atoms with van der Waals surface area (Å²) in [6.07, 6.45) is 8.20. The first kappa shape index (κ1) is 26.3. The second kappa shape index (κ2) is 9.87. The minimum Gasteiger partial charge on any atom is -0.390 e. The minimum absolute atomic E-state index is 0.0258. The van der Waals surface area contributed by atoms with Crippen molar-refractivity contribution < 1.29 is 9.63 Å². The molecule has 2 aromatic carbocycles. The smallest absolute Gasteiger partial charge is 0.390 e. The highest BCUT2D eigenvalue weighted by Crippen LogP contribution is 2.59. The molecule has 0 aliphatic heterocycles. The van der Waals surface area contributed by atoms with Gasteiger partial charge in [-0.3, -0.25) is 18.9 Å². The van der Waals surface area contributed by atoms with Crippen LogP contribution in [0, 0.1) is 17.8 Å². The lowest BCUT2D eigenvalue weighted by Crippen LogP contribution is -2.56. The van der Waals surface area contributed by atoms with Crippen molar-refractivity contribution in [3.8, 4) is 22.5 Å². The van der Waals surface area contributed by atoms with Crippen LogP contribution < -0.4 is 11.3 Å². The Balaban J connectivity index is 1.19. The van der Waals surface area contributed by atoms with E-state index in [1.807, 2.05) is 45.5 Å². The van der Waals surface area contributed by atoms with Gasteiger partial charge in [-0.15, -0.1) is 0 Å². The van der Waals surface area contributed by atoms with Gasteiger partial charge >= 0.3 is 5.76 Å². The van der Waals surface area contributed by atoms with E-state index in [4.69, 9.17) is 4.52 Å². The summed E-state index contributed by atoms with van der Waals surface area (Å²) >= 11 is 0. The highest BCUT2D eigenvalue weighted by molar-refractivity contribution is 5.80. The zero-order valence-electron chi connectivity index (χ0n) is 24.1. The summed E-state index contributed by atoms with van der Waals surface area (Å²) in [5, 5.41) is 19.7. The van der Waals surface area contributed by atoms with Gasteiger partial charge in [0.25, 0.3) is 5.56 Å². The Labute approximate surface area is 247 Å². The zero-order valence-corrected chi connectivity index (χ0v) is 24.1. The van der Waals surface area contributed by atoms with Crippen molar-refractivity contribution in [3.63, 3.8) is 0 Å². The van der Waals surface area contributed by atoms with Crippen molar-refractivity contribution in [3.05, 3.63) is 92.6 Å². The van der Waals surface area contributed by atoms with Crippen LogP contribution in [0.5, 0.6) is 0 Å². The molecule has 0 radical (unpaired) electrons. The van der Waals surface area contributed by atoms with Crippen LogP contribution in [0.2, 0.25) is 0 Å². The molecule has 10 heteroatoms. The first-order chi connectivity index (χ1) is 20.9. The number of fused-ring (bicyclic) bond motifs is 1. The normalized spacial score (nSPS) is 26.0. The van der Waals surface area contributed by atoms with Crippen molar-refractivity contribution >= 4 is 5.78 Å². The van der Waals surface area contributed by atoms with E-state index in [0.717, 1.165) is 78.5 Å². The van der Waals surface area contributed by atoms with E-state index in [1.165, 1.54) is 0 Å². The van der Waals surface area contributed by atoms with E-state index in [0.29, 0.717) is 23.9 Å². The zero-order chi connectivity index (χ0) is 29.3. The fourth-order valence-electron chi connectivity index (χ4n) is 8.69. The van der Waals surface area contributed by atoms with E-state index in [1.54, 1.807) is 6.33 Å². The molecule has 0 spiro atoms. The number of benzene rings is 2. The maximum Gasteiger partial charge on any atom is 0.439 e. The number of aromatic nitrogens is 6. The van der Waals surface area contributed by atoms with Crippen LogP contribution in [-0.4, -0.2) is 40.0 Å². The van der Waals surface area contributed by atoms with Gasteiger partial charge in [0.2, 0.25) is 5.78 Å². The van der Waals surface area contributed by atoms with E-state index < -0.39 is 11.4 Å². The molecule has 220 valence electrons. The summed E-state index contributed by atoms with van der Waals surface area (Å²) in [5.74, 6) is 1.52. The fraction of sp³-hybridized carbons (Fsp3) is 0.424. The number of nitrogens with zero attached hydrogens (tertiary/aromatic N) is 5. The summed E-state index contributed by atoms with van der Waals surface area (Å²) in [5.41, 5.74) is 4.81. The minimum atomic E-state index is -0.595. The number of hydrogen-bond donors (Lipinski definition) is 2. The fourth-order valence-corrected chi connectivity index (χ4v) is 8.69. The van der Waals surface area contributed by atoms with Crippen LogP contribution in [0.25, 0.3) is 28.3 Å². The van der Waals surface area contributed by atoms with Gasteiger partial charge in [0, 0.05) is 23.6 Å². The average Bonchev–Trinajstić information content (AvgIpc) is 3.65. The second-order valence-electron chi connectivity index (χ2n) is 12.9. The molecule has 5 aromatic rings. The molecule has 0 saturated heterocycles. The molecule has 4 fully saturated rings. The predicted molar refractivity (Wildman–Crippen MR) is 160 cm³/mol. The van der Waals surface area contributed by atoms with Crippen LogP contribution >= 0.6 is 0 Å². The summed E-state index contributed by atoms with van der Waals surface area (Å²) < 4.78 is 8.57. The number of rotatable bonds is 7. The third-order valence-corrected chi connectivity index (χ3v) is 10.1. The Morgan fingerprint density at radius 2 is 1.77 bits per heavy atom. The van der Waals surface area contributed by atoms with Gasteiger partial charge < -0.3 is 5.11 Å². The Hall–Kier alpha value is -4.31.